The van der Waals surface area contributed by atoms with E-state index in [1.54, 1.807) is 54.4 Å². The van der Waals surface area contributed by atoms with E-state index in [1.807, 2.05) is 43.3 Å². The summed E-state index contributed by atoms with van der Waals surface area (Å²) >= 11 is 0. The van der Waals surface area contributed by atoms with Crippen LogP contribution in [0.2, 0.25) is 0 Å². The number of hydrogen-bond donors (Lipinski definition) is 2. The Bertz CT molecular complexity index is 1040. The molecule has 33 heavy (non-hydrogen) atoms. The zero-order valence-corrected chi connectivity index (χ0v) is 18.9. The Hall–Kier alpha value is -3.84. The maximum atomic E-state index is 12.8. The molecule has 0 fully saturated rings. The van der Waals surface area contributed by atoms with E-state index in [0.717, 1.165) is 5.69 Å². The summed E-state index contributed by atoms with van der Waals surface area (Å²) in [6, 6.07) is 23.7. The number of nitrogens with one attached hydrogen (secondary N) is 2. The molecule has 0 saturated carbocycles. The Morgan fingerprint density at radius 1 is 0.879 bits per heavy atom. The third kappa shape index (κ3) is 7.36. The fourth-order valence-corrected chi connectivity index (χ4v) is 3.11. The summed E-state index contributed by atoms with van der Waals surface area (Å²) in [5, 5.41) is 5.90. The van der Waals surface area contributed by atoms with Gasteiger partial charge in [-0.1, -0.05) is 24.3 Å². The molecule has 0 spiro atoms. The van der Waals surface area contributed by atoms with Gasteiger partial charge in [-0.25, -0.2) is 0 Å². The summed E-state index contributed by atoms with van der Waals surface area (Å²) in [4.78, 5) is 26.7. The van der Waals surface area contributed by atoms with E-state index in [4.69, 9.17) is 9.47 Å². The van der Waals surface area contributed by atoms with Gasteiger partial charge in [0.05, 0.1) is 13.2 Å². The largest absolute Gasteiger partial charge is 0.491 e. The maximum absolute atomic E-state index is 12.8. The fraction of sp³-hybridized carbons (Fsp3) is 0.231. The standard InChI is InChI=1S/C26H29N3O4/c1-3-32-16-17-33-24-14-12-21(13-15-24)28-25(30)19-27-22-9-7-8-20(18-22)26(31)29(2)23-10-5-4-6-11-23/h4-15,18,27H,3,16-17,19H2,1-2H3,(H,28,30). The van der Waals surface area contributed by atoms with Crippen molar-refractivity contribution in [1.29, 1.82) is 0 Å². The van der Waals surface area contributed by atoms with Gasteiger partial charge in [0.15, 0.2) is 0 Å². The third-order valence-electron chi connectivity index (χ3n) is 4.85. The molecule has 0 heterocycles. The zero-order valence-electron chi connectivity index (χ0n) is 18.9. The lowest BCUT2D eigenvalue weighted by molar-refractivity contribution is -0.114. The van der Waals surface area contributed by atoms with Gasteiger partial charge in [0.25, 0.3) is 5.91 Å². The fourth-order valence-electron chi connectivity index (χ4n) is 3.11. The van der Waals surface area contributed by atoms with Crippen LogP contribution in [0.3, 0.4) is 0 Å². The monoisotopic (exact) mass is 447 g/mol. The quantitative estimate of drug-likeness (QED) is 0.425. The molecular formula is C26H29N3O4. The second-order valence-electron chi connectivity index (χ2n) is 7.25. The molecule has 0 aliphatic heterocycles. The van der Waals surface area contributed by atoms with Crippen molar-refractivity contribution in [2.24, 2.45) is 0 Å². The van der Waals surface area contributed by atoms with Crippen molar-refractivity contribution in [3.63, 3.8) is 0 Å². The Morgan fingerprint density at radius 2 is 1.64 bits per heavy atom. The van der Waals surface area contributed by atoms with E-state index in [1.165, 1.54) is 0 Å². The highest BCUT2D eigenvalue weighted by molar-refractivity contribution is 6.06. The predicted molar refractivity (Wildman–Crippen MR) is 131 cm³/mol. The second-order valence-corrected chi connectivity index (χ2v) is 7.25. The molecule has 2 N–H and O–H groups in total. The first-order valence-electron chi connectivity index (χ1n) is 10.8. The van der Waals surface area contributed by atoms with Crippen molar-refractivity contribution in [3.05, 3.63) is 84.4 Å². The van der Waals surface area contributed by atoms with Gasteiger partial charge in [-0.2, -0.15) is 0 Å². The molecule has 172 valence electrons. The lowest BCUT2D eigenvalue weighted by Gasteiger charge is -2.18. The molecule has 3 aromatic carbocycles. The number of benzene rings is 3. The summed E-state index contributed by atoms with van der Waals surface area (Å²) < 4.78 is 10.8. The number of anilines is 3. The van der Waals surface area contributed by atoms with Crippen LogP contribution in [0.25, 0.3) is 0 Å². The smallest absolute Gasteiger partial charge is 0.258 e. The average Bonchev–Trinajstić information content (AvgIpc) is 2.86. The number of rotatable bonds is 11. The SMILES string of the molecule is CCOCCOc1ccc(NC(=O)CNc2cccc(C(=O)N(C)c3ccccc3)c2)cc1. The Balaban J connectivity index is 1.50. The van der Waals surface area contributed by atoms with Crippen molar-refractivity contribution in [2.75, 3.05) is 48.9 Å². The highest BCUT2D eigenvalue weighted by Gasteiger charge is 2.14. The second kappa shape index (κ2) is 12.3. The van der Waals surface area contributed by atoms with Gasteiger partial charge in [-0.15, -0.1) is 0 Å². The summed E-state index contributed by atoms with van der Waals surface area (Å²) in [6.07, 6.45) is 0. The Labute approximate surface area is 194 Å². The summed E-state index contributed by atoms with van der Waals surface area (Å²) in [6.45, 7) is 3.68. The van der Waals surface area contributed by atoms with Gasteiger partial charge in [-0.3, -0.25) is 9.59 Å². The molecule has 0 atom stereocenters. The number of amides is 2. The van der Waals surface area contributed by atoms with Crippen molar-refractivity contribution < 1.29 is 19.1 Å². The molecule has 0 radical (unpaired) electrons. The minimum Gasteiger partial charge on any atom is -0.491 e. The van der Waals surface area contributed by atoms with E-state index in [-0.39, 0.29) is 18.4 Å². The highest BCUT2D eigenvalue weighted by atomic mass is 16.5. The van der Waals surface area contributed by atoms with Gasteiger partial charge in [0.1, 0.15) is 12.4 Å². The van der Waals surface area contributed by atoms with Crippen LogP contribution in [-0.4, -0.2) is 45.2 Å². The normalized spacial score (nSPS) is 10.4. The average molecular weight is 448 g/mol. The van der Waals surface area contributed by atoms with Crippen LogP contribution >= 0.6 is 0 Å². The third-order valence-corrected chi connectivity index (χ3v) is 4.85. The molecule has 2 amide bonds. The van der Waals surface area contributed by atoms with Crippen LogP contribution in [0.4, 0.5) is 17.1 Å². The molecule has 3 rings (SSSR count). The maximum Gasteiger partial charge on any atom is 0.258 e. The summed E-state index contributed by atoms with van der Waals surface area (Å²) in [7, 11) is 1.74. The lowest BCUT2D eigenvalue weighted by atomic mass is 10.1. The number of para-hydroxylation sites is 1. The van der Waals surface area contributed by atoms with Gasteiger partial charge in [0, 0.05) is 36.3 Å². The number of carbonyl (C=O) groups excluding carboxylic acids is 2. The number of ether oxygens (including phenoxy) is 2. The molecule has 0 aromatic heterocycles. The molecule has 3 aromatic rings. The molecule has 0 aliphatic rings. The first-order valence-corrected chi connectivity index (χ1v) is 10.8. The Morgan fingerprint density at radius 3 is 2.36 bits per heavy atom. The molecule has 7 heteroatoms. The lowest BCUT2D eigenvalue weighted by Crippen LogP contribution is -2.26. The summed E-state index contributed by atoms with van der Waals surface area (Å²) in [5.74, 6) is 0.392. The first-order chi connectivity index (χ1) is 16.1. The molecule has 0 unspecified atom stereocenters. The van der Waals surface area contributed by atoms with Crippen LogP contribution in [0.5, 0.6) is 5.75 Å². The van der Waals surface area contributed by atoms with E-state index < -0.39 is 0 Å². The first kappa shape index (κ1) is 23.8. The molecule has 7 nitrogen and oxygen atoms in total. The van der Waals surface area contributed by atoms with E-state index in [2.05, 4.69) is 10.6 Å². The Kier molecular flexibility index (Phi) is 8.85. The van der Waals surface area contributed by atoms with Gasteiger partial charge < -0.3 is 25.0 Å². The zero-order chi connectivity index (χ0) is 23.5. The minimum absolute atomic E-state index is 0.0682. The van der Waals surface area contributed by atoms with Gasteiger partial charge >= 0.3 is 0 Å². The van der Waals surface area contributed by atoms with Crippen LogP contribution < -0.4 is 20.3 Å². The van der Waals surface area contributed by atoms with Crippen LogP contribution in [0.15, 0.2) is 78.9 Å². The van der Waals surface area contributed by atoms with E-state index in [0.29, 0.717) is 42.5 Å². The molecule has 0 bridgehead atoms. The predicted octanol–water partition coefficient (Wildman–Crippen LogP) is 4.43. The number of carbonyl (C=O) groups is 2. The topological polar surface area (TPSA) is 79.9 Å². The number of nitrogens with zero attached hydrogens (tertiary/aromatic N) is 1. The highest BCUT2D eigenvalue weighted by Crippen LogP contribution is 2.18. The van der Waals surface area contributed by atoms with Gasteiger partial charge in [-0.05, 0) is 61.5 Å². The van der Waals surface area contributed by atoms with Gasteiger partial charge in [0.2, 0.25) is 5.91 Å². The van der Waals surface area contributed by atoms with Crippen molar-refractivity contribution in [3.8, 4) is 5.75 Å². The molecule has 0 saturated heterocycles. The van der Waals surface area contributed by atoms with Crippen LogP contribution in [-0.2, 0) is 9.53 Å². The van der Waals surface area contributed by atoms with E-state index in [9.17, 15) is 9.59 Å². The van der Waals surface area contributed by atoms with E-state index >= 15 is 0 Å². The van der Waals surface area contributed by atoms with Crippen molar-refractivity contribution >= 4 is 28.9 Å². The minimum atomic E-state index is -0.196. The molecule has 0 aliphatic carbocycles. The van der Waals surface area contributed by atoms with Crippen LogP contribution in [0.1, 0.15) is 17.3 Å². The number of hydrogen-bond acceptors (Lipinski definition) is 5. The van der Waals surface area contributed by atoms with Crippen molar-refractivity contribution in [1.82, 2.24) is 0 Å². The van der Waals surface area contributed by atoms with Crippen LogP contribution in [0, 0.1) is 0 Å². The molecular weight excluding hydrogens is 418 g/mol. The summed E-state index contributed by atoms with van der Waals surface area (Å²) in [5.41, 5.74) is 2.71. The van der Waals surface area contributed by atoms with Crippen molar-refractivity contribution in [2.45, 2.75) is 6.92 Å².